The van der Waals surface area contributed by atoms with Crippen LogP contribution in [0.15, 0.2) is 40.3 Å². The van der Waals surface area contributed by atoms with Gasteiger partial charge in [0.25, 0.3) is 0 Å². The van der Waals surface area contributed by atoms with Crippen LogP contribution in [0.2, 0.25) is 0 Å². The van der Waals surface area contributed by atoms with Crippen LogP contribution in [0, 0.1) is 0 Å². The Morgan fingerprint density at radius 2 is 2.00 bits per heavy atom. The highest BCUT2D eigenvalue weighted by molar-refractivity contribution is 7.09. The van der Waals surface area contributed by atoms with Crippen LogP contribution in [0.1, 0.15) is 15.4 Å². The van der Waals surface area contributed by atoms with E-state index in [-0.39, 0.29) is 11.8 Å². The Hall–Kier alpha value is -2.12. The number of amides is 2. The van der Waals surface area contributed by atoms with Crippen molar-refractivity contribution in [2.45, 2.75) is 6.54 Å². The Balaban J connectivity index is 1.41. The summed E-state index contributed by atoms with van der Waals surface area (Å²) in [6, 6.07) is 7.32. The summed E-state index contributed by atoms with van der Waals surface area (Å²) < 4.78 is 5.11. The Kier molecular flexibility index (Phi) is 5.09. The summed E-state index contributed by atoms with van der Waals surface area (Å²) in [5.74, 6) is 0.367. The third kappa shape index (κ3) is 4.20. The van der Waals surface area contributed by atoms with E-state index in [1.165, 1.54) is 6.26 Å². The minimum atomic E-state index is -0.0459. The Morgan fingerprint density at radius 1 is 1.17 bits per heavy atom. The zero-order valence-corrected chi connectivity index (χ0v) is 13.6. The second-order valence-corrected chi connectivity index (χ2v) is 6.43. The van der Waals surface area contributed by atoms with Crippen molar-refractivity contribution in [1.29, 1.82) is 0 Å². The second-order valence-electron chi connectivity index (χ2n) is 5.40. The number of rotatable bonds is 5. The summed E-state index contributed by atoms with van der Waals surface area (Å²) in [6.07, 6.45) is 1.50. The average Bonchev–Trinajstić information content (AvgIpc) is 3.26. The molecule has 0 aliphatic carbocycles. The van der Waals surface area contributed by atoms with Gasteiger partial charge in [-0.05, 0) is 23.6 Å². The lowest BCUT2D eigenvalue weighted by atomic mass is 10.2. The number of urea groups is 1. The lowest BCUT2D eigenvalue weighted by Gasteiger charge is -2.34. The van der Waals surface area contributed by atoms with Gasteiger partial charge in [-0.1, -0.05) is 6.07 Å². The molecule has 0 atom stereocenters. The van der Waals surface area contributed by atoms with Gasteiger partial charge in [0.05, 0.1) is 19.4 Å². The number of thiophene rings is 1. The maximum absolute atomic E-state index is 12.1. The van der Waals surface area contributed by atoms with Gasteiger partial charge in [0.1, 0.15) is 0 Å². The van der Waals surface area contributed by atoms with Crippen molar-refractivity contribution >= 4 is 23.2 Å². The maximum atomic E-state index is 12.1. The number of nitrogens with one attached hydrogen (secondary N) is 1. The molecule has 1 N–H and O–H groups in total. The molecule has 2 aromatic heterocycles. The SMILES string of the molecule is O=C(CN1CCN(C(=O)NCc2cccs2)CC1)c1ccco1. The third-order valence-corrected chi connectivity index (χ3v) is 4.69. The molecule has 2 amide bonds. The highest BCUT2D eigenvalue weighted by atomic mass is 32.1. The van der Waals surface area contributed by atoms with Crippen LogP contribution in [-0.2, 0) is 6.54 Å². The molecule has 0 spiro atoms. The van der Waals surface area contributed by atoms with Crippen LogP contribution in [0.4, 0.5) is 4.79 Å². The fourth-order valence-corrected chi connectivity index (χ4v) is 3.16. The fraction of sp³-hybridized carbons (Fsp3) is 0.375. The number of carbonyl (C=O) groups is 2. The smallest absolute Gasteiger partial charge is 0.317 e. The standard InChI is InChI=1S/C16H19N3O3S/c20-14(15-4-1-9-22-15)12-18-5-7-19(8-6-18)16(21)17-11-13-3-2-10-23-13/h1-4,9-10H,5-8,11-12H2,(H,17,21). The van der Waals surface area contributed by atoms with Crippen LogP contribution in [0.3, 0.4) is 0 Å². The first-order chi connectivity index (χ1) is 11.2. The molecule has 23 heavy (non-hydrogen) atoms. The van der Waals surface area contributed by atoms with Crippen LogP contribution < -0.4 is 5.32 Å². The number of ketones is 1. The van der Waals surface area contributed by atoms with Gasteiger partial charge in [-0.25, -0.2) is 4.79 Å². The largest absolute Gasteiger partial charge is 0.461 e. The van der Waals surface area contributed by atoms with E-state index in [0.717, 1.165) is 4.88 Å². The molecule has 1 aliphatic heterocycles. The molecule has 7 heteroatoms. The zero-order valence-electron chi connectivity index (χ0n) is 12.7. The Labute approximate surface area is 138 Å². The third-order valence-electron chi connectivity index (χ3n) is 3.82. The predicted octanol–water partition coefficient (Wildman–Crippen LogP) is 2.05. The maximum Gasteiger partial charge on any atom is 0.317 e. The minimum Gasteiger partial charge on any atom is -0.461 e. The molecule has 0 saturated carbocycles. The van der Waals surface area contributed by atoms with Gasteiger partial charge in [0.15, 0.2) is 5.76 Å². The zero-order chi connectivity index (χ0) is 16.1. The van der Waals surface area contributed by atoms with Crippen molar-refractivity contribution in [2.75, 3.05) is 32.7 Å². The number of carbonyl (C=O) groups excluding carboxylic acids is 2. The predicted molar refractivity (Wildman–Crippen MR) is 87.6 cm³/mol. The van der Waals surface area contributed by atoms with Gasteiger partial charge < -0.3 is 14.6 Å². The van der Waals surface area contributed by atoms with Crippen molar-refractivity contribution in [3.63, 3.8) is 0 Å². The molecule has 1 aliphatic rings. The molecule has 1 fully saturated rings. The molecular formula is C16H19N3O3S. The first-order valence-corrected chi connectivity index (χ1v) is 8.44. The molecule has 0 aromatic carbocycles. The van der Waals surface area contributed by atoms with E-state index in [2.05, 4.69) is 5.32 Å². The van der Waals surface area contributed by atoms with E-state index in [1.807, 2.05) is 22.4 Å². The summed E-state index contributed by atoms with van der Waals surface area (Å²) in [4.78, 5) is 29.1. The van der Waals surface area contributed by atoms with Crippen molar-refractivity contribution in [3.8, 4) is 0 Å². The van der Waals surface area contributed by atoms with E-state index < -0.39 is 0 Å². The van der Waals surface area contributed by atoms with Crippen LogP contribution >= 0.6 is 11.3 Å². The summed E-state index contributed by atoms with van der Waals surface area (Å²) in [5.41, 5.74) is 0. The monoisotopic (exact) mass is 333 g/mol. The number of Topliss-reactive ketones (excluding diaryl/α,β-unsaturated/α-hetero) is 1. The minimum absolute atomic E-state index is 0.0226. The van der Waals surface area contributed by atoms with Gasteiger partial charge in [-0.15, -0.1) is 11.3 Å². The van der Waals surface area contributed by atoms with Gasteiger partial charge in [0, 0.05) is 31.1 Å². The molecule has 3 rings (SSSR count). The lowest BCUT2D eigenvalue weighted by Crippen LogP contribution is -2.52. The summed E-state index contributed by atoms with van der Waals surface area (Å²) >= 11 is 1.63. The summed E-state index contributed by atoms with van der Waals surface area (Å²) in [5, 5.41) is 4.93. The molecule has 122 valence electrons. The van der Waals surface area contributed by atoms with Crippen LogP contribution in [0.5, 0.6) is 0 Å². The van der Waals surface area contributed by atoms with E-state index in [9.17, 15) is 9.59 Å². The van der Waals surface area contributed by atoms with Crippen molar-refractivity contribution in [1.82, 2.24) is 15.1 Å². The number of hydrogen-bond donors (Lipinski definition) is 1. The molecule has 6 nitrogen and oxygen atoms in total. The van der Waals surface area contributed by atoms with Crippen molar-refractivity contribution in [3.05, 3.63) is 46.5 Å². The molecule has 3 heterocycles. The Morgan fingerprint density at radius 3 is 2.65 bits per heavy atom. The van der Waals surface area contributed by atoms with Crippen molar-refractivity contribution in [2.24, 2.45) is 0 Å². The van der Waals surface area contributed by atoms with E-state index in [0.29, 0.717) is 45.0 Å². The van der Waals surface area contributed by atoms with E-state index in [4.69, 9.17) is 4.42 Å². The highest BCUT2D eigenvalue weighted by Crippen LogP contribution is 2.09. The molecular weight excluding hydrogens is 314 g/mol. The van der Waals surface area contributed by atoms with E-state index >= 15 is 0 Å². The average molecular weight is 333 g/mol. The van der Waals surface area contributed by atoms with Gasteiger partial charge >= 0.3 is 6.03 Å². The number of furan rings is 1. The first-order valence-electron chi connectivity index (χ1n) is 7.56. The molecule has 0 radical (unpaired) electrons. The lowest BCUT2D eigenvalue weighted by molar-refractivity contribution is 0.0852. The summed E-state index contributed by atoms with van der Waals surface area (Å²) in [6.45, 7) is 3.53. The molecule has 1 saturated heterocycles. The Bertz CT molecular complexity index is 632. The van der Waals surface area contributed by atoms with Crippen LogP contribution in [-0.4, -0.2) is 54.3 Å². The number of hydrogen-bond acceptors (Lipinski definition) is 5. The first kappa shape index (κ1) is 15.8. The number of piperazine rings is 1. The van der Waals surface area contributed by atoms with Crippen LogP contribution in [0.25, 0.3) is 0 Å². The molecule has 0 unspecified atom stereocenters. The fourth-order valence-electron chi connectivity index (χ4n) is 2.52. The molecule has 2 aromatic rings. The van der Waals surface area contributed by atoms with Gasteiger partial charge in [-0.3, -0.25) is 9.69 Å². The quantitative estimate of drug-likeness (QED) is 0.851. The van der Waals surface area contributed by atoms with E-state index in [1.54, 1.807) is 28.4 Å². The number of nitrogens with zero attached hydrogens (tertiary/aromatic N) is 2. The molecule has 0 bridgehead atoms. The highest BCUT2D eigenvalue weighted by Gasteiger charge is 2.23. The normalized spacial score (nSPS) is 15.6. The summed E-state index contributed by atoms with van der Waals surface area (Å²) in [7, 11) is 0. The van der Waals surface area contributed by atoms with Gasteiger partial charge in [0.2, 0.25) is 5.78 Å². The topological polar surface area (TPSA) is 65.8 Å². The van der Waals surface area contributed by atoms with Gasteiger partial charge in [-0.2, -0.15) is 0 Å². The van der Waals surface area contributed by atoms with Crippen molar-refractivity contribution < 1.29 is 14.0 Å². The second kappa shape index (κ2) is 7.43.